The van der Waals surface area contributed by atoms with Gasteiger partial charge in [0, 0.05) is 5.56 Å². The third-order valence-corrected chi connectivity index (χ3v) is 6.26. The first-order valence-electron chi connectivity index (χ1n) is 9.59. The first kappa shape index (κ1) is 22.3. The van der Waals surface area contributed by atoms with Gasteiger partial charge in [-0.05, 0) is 30.7 Å². The van der Waals surface area contributed by atoms with Gasteiger partial charge in [0.15, 0.2) is 6.20 Å². The summed E-state index contributed by atoms with van der Waals surface area (Å²) in [5.41, 5.74) is 0.469. The summed E-state index contributed by atoms with van der Waals surface area (Å²) in [4.78, 5) is 8.66. The van der Waals surface area contributed by atoms with Crippen LogP contribution in [-0.4, -0.2) is 32.4 Å². The molecule has 4 rings (SSSR count). The molecule has 1 fully saturated rings. The van der Waals surface area contributed by atoms with Crippen LogP contribution in [0.4, 0.5) is 22.0 Å². The molecule has 0 amide bonds. The molecule has 1 aliphatic carbocycles. The van der Waals surface area contributed by atoms with E-state index in [0.717, 1.165) is 12.5 Å². The van der Waals surface area contributed by atoms with Crippen LogP contribution in [-0.2, 0) is 12.0 Å². The lowest BCUT2D eigenvalue weighted by Gasteiger charge is -2.20. The number of rotatable bonds is 6. The molecule has 0 aromatic carbocycles. The molecule has 3 aromatic rings. The summed E-state index contributed by atoms with van der Waals surface area (Å²) in [5, 5.41) is 22.3. The fourth-order valence-electron chi connectivity index (χ4n) is 3.42. The molecule has 1 aliphatic rings. The average molecular weight is 469 g/mol. The second-order valence-corrected chi connectivity index (χ2v) is 8.83. The first-order valence-corrected chi connectivity index (χ1v) is 10.6. The number of alkyl halides is 5. The van der Waals surface area contributed by atoms with Gasteiger partial charge in [-0.1, -0.05) is 6.92 Å². The second-order valence-electron chi connectivity index (χ2n) is 7.53. The molecule has 12 heteroatoms. The lowest BCUT2D eigenvalue weighted by molar-refractivity contribution is -0.596. The molecule has 32 heavy (non-hydrogen) atoms. The number of pyridine rings is 2. The van der Waals surface area contributed by atoms with E-state index in [0.29, 0.717) is 38.4 Å². The lowest BCUT2D eigenvalue weighted by atomic mass is 9.99. The van der Waals surface area contributed by atoms with Crippen molar-refractivity contribution in [3.8, 4) is 17.5 Å². The van der Waals surface area contributed by atoms with Crippen LogP contribution < -0.4 is 4.73 Å². The van der Waals surface area contributed by atoms with Crippen molar-refractivity contribution in [3.63, 3.8) is 0 Å². The van der Waals surface area contributed by atoms with E-state index in [1.165, 1.54) is 24.0 Å². The molecule has 0 N–H and O–H groups in total. The van der Waals surface area contributed by atoms with Gasteiger partial charge in [-0.3, -0.25) is 0 Å². The summed E-state index contributed by atoms with van der Waals surface area (Å²) in [6.07, 6.45) is -1.01. The minimum Gasteiger partial charge on any atom is -0.618 e. The van der Waals surface area contributed by atoms with Crippen LogP contribution in [0.5, 0.6) is 0 Å². The summed E-state index contributed by atoms with van der Waals surface area (Å²) in [7, 11) is 0. The summed E-state index contributed by atoms with van der Waals surface area (Å²) in [5.74, 6) is -4.29. The third-order valence-electron chi connectivity index (χ3n) is 5.35. The molecule has 0 unspecified atom stereocenters. The fraction of sp³-hybridized carbons (Fsp3) is 0.400. The van der Waals surface area contributed by atoms with Gasteiger partial charge >= 0.3 is 12.1 Å². The Balaban J connectivity index is 1.75. The van der Waals surface area contributed by atoms with Gasteiger partial charge in [0.05, 0.1) is 46.5 Å². The molecule has 0 saturated heterocycles. The quantitative estimate of drug-likeness (QED) is 0.228. The smallest absolute Gasteiger partial charge is 0.455 e. The maximum absolute atomic E-state index is 13.5. The van der Waals surface area contributed by atoms with Crippen LogP contribution >= 0.6 is 11.8 Å². The minimum atomic E-state index is -5.69. The molecule has 0 atom stereocenters. The zero-order valence-electron chi connectivity index (χ0n) is 16.7. The van der Waals surface area contributed by atoms with Crippen LogP contribution in [0.2, 0.25) is 0 Å². The number of fused-ring (bicyclic) bond motifs is 1. The van der Waals surface area contributed by atoms with E-state index in [-0.39, 0.29) is 22.4 Å². The van der Waals surface area contributed by atoms with Crippen molar-refractivity contribution in [2.45, 2.75) is 48.7 Å². The van der Waals surface area contributed by atoms with Gasteiger partial charge in [0.25, 0.3) is 5.69 Å². The summed E-state index contributed by atoms with van der Waals surface area (Å²) in [6, 6.07) is 5.40. The summed E-state index contributed by atoms with van der Waals surface area (Å²) < 4.78 is 65.9. The maximum atomic E-state index is 13.5. The van der Waals surface area contributed by atoms with Crippen molar-refractivity contribution in [3.05, 3.63) is 41.6 Å². The molecule has 0 aliphatic heterocycles. The largest absolute Gasteiger partial charge is 0.618 e. The number of hydrogen-bond donors (Lipinski definition) is 0. The summed E-state index contributed by atoms with van der Waals surface area (Å²) >= 11 is 1.38. The number of hydrogen-bond acceptors (Lipinski definition) is 5. The highest BCUT2D eigenvalue weighted by Crippen LogP contribution is 2.48. The monoisotopic (exact) mass is 469 g/mol. The molecule has 1 saturated carbocycles. The zero-order valence-corrected chi connectivity index (χ0v) is 17.5. The Morgan fingerprint density at radius 3 is 2.56 bits per heavy atom. The lowest BCUT2D eigenvalue weighted by Crippen LogP contribution is -2.40. The van der Waals surface area contributed by atoms with Crippen molar-refractivity contribution in [2.24, 2.45) is 0 Å². The second kappa shape index (κ2) is 7.58. The van der Waals surface area contributed by atoms with Gasteiger partial charge in [-0.15, -0.1) is 11.8 Å². The van der Waals surface area contributed by atoms with E-state index >= 15 is 0 Å². The molecule has 6 nitrogen and oxygen atoms in total. The van der Waals surface area contributed by atoms with E-state index in [1.54, 1.807) is 6.07 Å². The predicted molar refractivity (Wildman–Crippen MR) is 106 cm³/mol. The van der Waals surface area contributed by atoms with Gasteiger partial charge in [0.2, 0.25) is 0 Å². The van der Waals surface area contributed by atoms with Crippen LogP contribution in [0.15, 0.2) is 35.7 Å². The van der Waals surface area contributed by atoms with E-state index in [2.05, 4.69) is 16.0 Å². The topological polar surface area (TPSA) is 81.4 Å². The Hall–Kier alpha value is -2.94. The number of nitriles is 1. The number of aromatic nitrogens is 4. The van der Waals surface area contributed by atoms with Gasteiger partial charge in [0.1, 0.15) is 5.69 Å². The standard InChI is InChI=1S/C20H16F5N5OS/c1-2-32-16-5-12(18(9-26)3-4-18)8-30(31)17(16)14-6-13-15(7-27-14)29(11-28-13)10-19(21,22)20(23,24)25/h5-8,11H,2-4,10H2,1H3. The van der Waals surface area contributed by atoms with Crippen LogP contribution in [0.1, 0.15) is 25.3 Å². The van der Waals surface area contributed by atoms with E-state index in [4.69, 9.17) is 0 Å². The fourth-order valence-corrected chi connectivity index (χ4v) is 4.27. The molecule has 0 radical (unpaired) electrons. The number of nitrogens with zero attached hydrogens (tertiary/aromatic N) is 5. The number of imidazole rings is 1. The Morgan fingerprint density at radius 2 is 1.97 bits per heavy atom. The van der Waals surface area contributed by atoms with E-state index in [1.807, 2.05) is 6.92 Å². The summed E-state index contributed by atoms with van der Waals surface area (Å²) in [6.45, 7) is 0.268. The molecule has 3 heterocycles. The molecule has 168 valence electrons. The highest BCUT2D eigenvalue weighted by atomic mass is 32.2. The Morgan fingerprint density at radius 1 is 1.25 bits per heavy atom. The molecule has 3 aromatic heterocycles. The molecular weight excluding hydrogens is 453 g/mol. The van der Waals surface area contributed by atoms with E-state index in [9.17, 15) is 32.4 Å². The Labute approximate surface area is 183 Å². The van der Waals surface area contributed by atoms with Crippen molar-refractivity contribution < 1.29 is 26.7 Å². The van der Waals surface area contributed by atoms with Crippen molar-refractivity contribution in [1.82, 2.24) is 14.5 Å². The van der Waals surface area contributed by atoms with Gasteiger partial charge in [-0.25, -0.2) is 9.97 Å². The van der Waals surface area contributed by atoms with E-state index < -0.39 is 24.1 Å². The van der Waals surface area contributed by atoms with Crippen molar-refractivity contribution >= 4 is 22.8 Å². The molecule has 0 spiro atoms. The van der Waals surface area contributed by atoms with Gasteiger partial charge in [-0.2, -0.15) is 31.9 Å². The Bertz CT molecular complexity index is 1230. The molecular formula is C20H16F5N5OS. The number of halogens is 5. The normalized spacial score (nSPS) is 15.7. The minimum absolute atomic E-state index is 0.0159. The Kier molecular flexibility index (Phi) is 5.27. The highest BCUT2D eigenvalue weighted by molar-refractivity contribution is 7.99. The zero-order chi connectivity index (χ0) is 23.3. The van der Waals surface area contributed by atoms with Crippen LogP contribution in [0.3, 0.4) is 0 Å². The third kappa shape index (κ3) is 3.74. The average Bonchev–Trinajstić information content (AvgIpc) is 3.43. The maximum Gasteiger partial charge on any atom is 0.455 e. The predicted octanol–water partition coefficient (Wildman–Crippen LogP) is 4.60. The SMILES string of the molecule is CCSc1cc(C2(C#N)CC2)c[n+]([O-])c1-c1cc2ncn(CC(F)(F)C(F)(F)F)c2cn1. The molecule has 0 bridgehead atoms. The first-order chi connectivity index (χ1) is 15.0. The van der Waals surface area contributed by atoms with Crippen LogP contribution in [0.25, 0.3) is 22.4 Å². The van der Waals surface area contributed by atoms with Crippen molar-refractivity contribution in [2.75, 3.05) is 5.75 Å². The van der Waals surface area contributed by atoms with Gasteiger partial charge < -0.3 is 9.77 Å². The van der Waals surface area contributed by atoms with Crippen LogP contribution in [0, 0.1) is 16.5 Å². The van der Waals surface area contributed by atoms with Crippen molar-refractivity contribution in [1.29, 1.82) is 5.26 Å². The highest BCUT2D eigenvalue weighted by Gasteiger charge is 2.57. The number of thioether (sulfide) groups is 1.